The van der Waals surface area contributed by atoms with Gasteiger partial charge in [-0.1, -0.05) is 6.92 Å². The van der Waals surface area contributed by atoms with Crippen LogP contribution in [0.3, 0.4) is 0 Å². The summed E-state index contributed by atoms with van der Waals surface area (Å²) in [5.74, 6) is 5.63. The molecular formula is C7H18N4S. The van der Waals surface area contributed by atoms with E-state index in [9.17, 15) is 0 Å². The molecule has 6 N–H and O–H groups in total. The van der Waals surface area contributed by atoms with Crippen LogP contribution in [0.2, 0.25) is 0 Å². The zero-order valence-electron chi connectivity index (χ0n) is 7.47. The monoisotopic (exact) mass is 190 g/mol. The number of hydrogen-bond donors (Lipinski definition) is 4. The molecule has 1 saturated heterocycles. The van der Waals surface area contributed by atoms with Gasteiger partial charge in [0, 0.05) is 0 Å². The van der Waals surface area contributed by atoms with Crippen LogP contribution in [0.1, 0.15) is 19.8 Å². The normalized spacial score (nSPS) is 17.5. The topological polar surface area (TPSA) is 76.1 Å². The Kier molecular flexibility index (Phi) is 7.03. The van der Waals surface area contributed by atoms with Crippen molar-refractivity contribution in [1.82, 2.24) is 10.7 Å². The van der Waals surface area contributed by atoms with Gasteiger partial charge in [0.05, 0.1) is 0 Å². The molecule has 0 aromatic carbocycles. The number of thiocarbonyl (C=S) groups is 1. The smallest absolute Gasteiger partial charge is 0.177 e. The Labute approximate surface area is 79.0 Å². The lowest BCUT2D eigenvalue weighted by atomic mass is 10.0. The van der Waals surface area contributed by atoms with Crippen molar-refractivity contribution in [2.24, 2.45) is 17.5 Å². The van der Waals surface area contributed by atoms with Crippen LogP contribution in [-0.2, 0) is 0 Å². The van der Waals surface area contributed by atoms with E-state index < -0.39 is 0 Å². The second-order valence-corrected chi connectivity index (χ2v) is 3.38. The highest BCUT2D eigenvalue weighted by molar-refractivity contribution is 7.80. The quantitative estimate of drug-likeness (QED) is 0.240. The summed E-state index contributed by atoms with van der Waals surface area (Å²) in [4.78, 5) is 0. The Morgan fingerprint density at radius 3 is 2.08 bits per heavy atom. The van der Waals surface area contributed by atoms with Gasteiger partial charge in [0.15, 0.2) is 5.11 Å². The van der Waals surface area contributed by atoms with Gasteiger partial charge < -0.3 is 16.5 Å². The van der Waals surface area contributed by atoms with Crippen molar-refractivity contribution in [3.8, 4) is 0 Å². The molecule has 0 radical (unpaired) electrons. The second-order valence-electron chi connectivity index (χ2n) is 2.94. The Morgan fingerprint density at radius 1 is 1.50 bits per heavy atom. The van der Waals surface area contributed by atoms with Crippen molar-refractivity contribution in [3.05, 3.63) is 0 Å². The minimum atomic E-state index is 0.116. The molecule has 0 bridgehead atoms. The summed E-state index contributed by atoms with van der Waals surface area (Å²) in [6.07, 6.45) is 2.75. The van der Waals surface area contributed by atoms with E-state index >= 15 is 0 Å². The summed E-state index contributed by atoms with van der Waals surface area (Å²) in [7, 11) is 0. The fraction of sp³-hybridized carbons (Fsp3) is 0.857. The lowest BCUT2D eigenvalue weighted by Crippen LogP contribution is -2.34. The standard InChI is InChI=1S/C6H13N.CH5N3S/c1-6-2-4-7-5-3-6;2-1(5)4-3/h6-7H,2-5H2,1H3;3H2,(H3,2,4,5). The summed E-state index contributed by atoms with van der Waals surface area (Å²) in [5, 5.41) is 3.43. The van der Waals surface area contributed by atoms with Crippen LogP contribution >= 0.6 is 12.2 Å². The molecule has 1 heterocycles. The number of piperidine rings is 1. The molecule has 1 fully saturated rings. The van der Waals surface area contributed by atoms with E-state index in [0.717, 1.165) is 5.92 Å². The fourth-order valence-electron chi connectivity index (χ4n) is 0.966. The van der Waals surface area contributed by atoms with Crippen LogP contribution in [0.15, 0.2) is 0 Å². The van der Waals surface area contributed by atoms with Gasteiger partial charge in [-0.2, -0.15) is 0 Å². The molecule has 0 aliphatic carbocycles. The van der Waals surface area contributed by atoms with Gasteiger partial charge in [0.2, 0.25) is 0 Å². The lowest BCUT2D eigenvalue weighted by Gasteiger charge is -2.17. The molecule has 0 atom stereocenters. The van der Waals surface area contributed by atoms with Crippen molar-refractivity contribution < 1.29 is 0 Å². The Morgan fingerprint density at radius 2 is 1.92 bits per heavy atom. The maximum absolute atomic E-state index is 4.79. The van der Waals surface area contributed by atoms with Crippen LogP contribution in [0.5, 0.6) is 0 Å². The maximum Gasteiger partial charge on any atom is 0.177 e. The van der Waals surface area contributed by atoms with Gasteiger partial charge in [-0.05, 0) is 44.1 Å². The Bertz CT molecular complexity index is 123. The first-order valence-corrected chi connectivity index (χ1v) is 4.54. The average molecular weight is 190 g/mol. The first-order chi connectivity index (χ1) is 5.66. The minimum Gasteiger partial charge on any atom is -0.375 e. The largest absolute Gasteiger partial charge is 0.375 e. The predicted octanol–water partition coefficient (Wildman–Crippen LogP) is -0.301. The highest BCUT2D eigenvalue weighted by Gasteiger charge is 2.04. The zero-order chi connectivity index (χ0) is 9.40. The third-order valence-corrected chi connectivity index (χ3v) is 1.89. The lowest BCUT2D eigenvalue weighted by molar-refractivity contribution is 0.402. The van der Waals surface area contributed by atoms with Gasteiger partial charge in [-0.25, -0.2) is 5.84 Å². The molecule has 72 valence electrons. The third kappa shape index (κ3) is 7.71. The van der Waals surface area contributed by atoms with Crippen LogP contribution in [-0.4, -0.2) is 18.2 Å². The third-order valence-electron chi connectivity index (χ3n) is 1.77. The number of nitrogens with one attached hydrogen (secondary N) is 2. The van der Waals surface area contributed by atoms with Crippen molar-refractivity contribution in [2.75, 3.05) is 13.1 Å². The second kappa shape index (κ2) is 7.27. The summed E-state index contributed by atoms with van der Waals surface area (Å²) in [5.41, 5.74) is 6.82. The summed E-state index contributed by atoms with van der Waals surface area (Å²) in [6, 6.07) is 0. The number of hydrazine groups is 1. The van der Waals surface area contributed by atoms with E-state index in [1.165, 1.54) is 25.9 Å². The molecule has 1 aliphatic rings. The average Bonchev–Trinajstić information content (AvgIpc) is 2.07. The Hall–Kier alpha value is -0.390. The maximum atomic E-state index is 4.79. The van der Waals surface area contributed by atoms with Crippen molar-refractivity contribution in [1.29, 1.82) is 0 Å². The van der Waals surface area contributed by atoms with E-state index in [1.54, 1.807) is 0 Å². The molecule has 0 aromatic heterocycles. The number of hydrogen-bond acceptors (Lipinski definition) is 3. The molecule has 0 spiro atoms. The summed E-state index contributed by atoms with van der Waals surface area (Å²) < 4.78 is 0. The first kappa shape index (κ1) is 11.6. The highest BCUT2D eigenvalue weighted by Crippen LogP contribution is 2.08. The van der Waals surface area contributed by atoms with Crippen molar-refractivity contribution in [3.63, 3.8) is 0 Å². The highest BCUT2D eigenvalue weighted by atomic mass is 32.1. The molecule has 0 amide bonds. The molecule has 0 unspecified atom stereocenters. The van der Waals surface area contributed by atoms with Gasteiger partial charge in [-0.3, -0.25) is 0 Å². The molecule has 1 rings (SSSR count). The van der Waals surface area contributed by atoms with Crippen LogP contribution in [0.25, 0.3) is 0 Å². The summed E-state index contributed by atoms with van der Waals surface area (Å²) in [6.45, 7) is 4.79. The van der Waals surface area contributed by atoms with E-state index in [4.69, 9.17) is 5.73 Å². The first-order valence-electron chi connectivity index (χ1n) is 4.13. The molecule has 0 aromatic rings. The zero-order valence-corrected chi connectivity index (χ0v) is 8.29. The number of nitrogens with two attached hydrogens (primary N) is 2. The number of rotatable bonds is 0. The van der Waals surface area contributed by atoms with Crippen LogP contribution < -0.4 is 22.3 Å². The van der Waals surface area contributed by atoms with E-state index in [-0.39, 0.29) is 5.11 Å². The Balaban J connectivity index is 0.000000217. The fourth-order valence-corrected chi connectivity index (χ4v) is 0.966. The van der Waals surface area contributed by atoms with Gasteiger partial charge in [0.25, 0.3) is 0 Å². The van der Waals surface area contributed by atoms with Crippen molar-refractivity contribution >= 4 is 17.3 Å². The van der Waals surface area contributed by atoms with E-state index in [1.807, 2.05) is 5.43 Å². The van der Waals surface area contributed by atoms with E-state index in [0.29, 0.717) is 0 Å². The van der Waals surface area contributed by atoms with Gasteiger partial charge in [-0.15, -0.1) is 0 Å². The summed E-state index contributed by atoms with van der Waals surface area (Å²) >= 11 is 4.24. The molecule has 1 aliphatic heterocycles. The van der Waals surface area contributed by atoms with Crippen LogP contribution in [0, 0.1) is 5.92 Å². The molecular weight excluding hydrogens is 172 g/mol. The molecule has 12 heavy (non-hydrogen) atoms. The SMILES string of the molecule is CC1CCNCC1.NNC(N)=S. The minimum absolute atomic E-state index is 0.116. The van der Waals surface area contributed by atoms with Crippen LogP contribution in [0.4, 0.5) is 0 Å². The van der Waals surface area contributed by atoms with E-state index in [2.05, 4.69) is 30.3 Å². The van der Waals surface area contributed by atoms with Gasteiger partial charge >= 0.3 is 0 Å². The molecule has 4 nitrogen and oxygen atoms in total. The molecule has 5 heteroatoms. The molecule has 0 saturated carbocycles. The predicted molar refractivity (Wildman–Crippen MR) is 55.4 cm³/mol. The van der Waals surface area contributed by atoms with Crippen molar-refractivity contribution in [2.45, 2.75) is 19.8 Å². The van der Waals surface area contributed by atoms with Gasteiger partial charge in [0.1, 0.15) is 0 Å².